The molecule has 0 bridgehead atoms. The number of halogens is 5. The Labute approximate surface area is 287 Å². The van der Waals surface area contributed by atoms with E-state index in [0.717, 1.165) is 30.4 Å². The van der Waals surface area contributed by atoms with Gasteiger partial charge < -0.3 is 9.47 Å². The van der Waals surface area contributed by atoms with Gasteiger partial charge in [-0.2, -0.15) is 34.7 Å². The number of amides is 1. The van der Waals surface area contributed by atoms with Crippen LogP contribution in [0.1, 0.15) is 43.4 Å². The molecule has 6 rings (SSSR count). The highest BCUT2D eigenvalue weighted by atomic mass is 32.2. The summed E-state index contributed by atoms with van der Waals surface area (Å²) in [6, 6.07) is 6.40. The molecule has 0 N–H and O–H groups in total. The smallest absolute Gasteiger partial charge is 0.453 e. The molecule has 5 aromatic rings. The fourth-order valence-electron chi connectivity index (χ4n) is 5.27. The fourth-order valence-corrected chi connectivity index (χ4v) is 6.05. The lowest BCUT2D eigenvalue weighted by molar-refractivity contribution is -0.144. The van der Waals surface area contributed by atoms with Crippen molar-refractivity contribution in [3.63, 3.8) is 0 Å². The second kappa shape index (κ2) is 12.2. The number of hydrogen-bond acceptors (Lipinski definition) is 10. The van der Waals surface area contributed by atoms with Crippen LogP contribution in [0.25, 0.3) is 28.7 Å². The van der Waals surface area contributed by atoms with Crippen LogP contribution in [0.15, 0.2) is 43.0 Å². The van der Waals surface area contributed by atoms with Crippen LogP contribution in [0, 0.1) is 0 Å². The Kier molecular flexibility index (Phi) is 8.56. The topological polar surface area (TPSA) is 155 Å². The summed E-state index contributed by atoms with van der Waals surface area (Å²) in [5.41, 5.74) is -1.92. The van der Waals surface area contributed by atoms with E-state index in [4.69, 9.17) is 9.47 Å². The first-order valence-electron chi connectivity index (χ1n) is 15.1. The molecule has 0 aliphatic carbocycles. The third-order valence-electron chi connectivity index (χ3n) is 7.60. The lowest BCUT2D eigenvalue weighted by atomic mass is 10.0. The molecule has 0 radical (unpaired) electrons. The number of carbonyl (C=O) groups is 1. The van der Waals surface area contributed by atoms with Crippen LogP contribution < -0.4 is 4.74 Å². The van der Waals surface area contributed by atoms with Crippen LogP contribution in [0.5, 0.6) is 5.75 Å². The highest BCUT2D eigenvalue weighted by Crippen LogP contribution is 2.39. The van der Waals surface area contributed by atoms with Crippen LogP contribution >= 0.6 is 0 Å². The van der Waals surface area contributed by atoms with Gasteiger partial charge >= 0.3 is 28.4 Å². The van der Waals surface area contributed by atoms with E-state index >= 15 is 8.78 Å². The van der Waals surface area contributed by atoms with Gasteiger partial charge in [-0.3, -0.25) is 9.30 Å². The van der Waals surface area contributed by atoms with E-state index in [2.05, 4.69) is 25.0 Å². The number of benzene rings is 1. The Morgan fingerprint density at radius 2 is 1.73 bits per heavy atom. The van der Waals surface area contributed by atoms with E-state index in [1.165, 1.54) is 31.8 Å². The van der Waals surface area contributed by atoms with E-state index in [9.17, 15) is 26.4 Å². The molecule has 1 aliphatic heterocycles. The van der Waals surface area contributed by atoms with E-state index in [1.54, 1.807) is 45.0 Å². The minimum Gasteiger partial charge on any atom is -0.497 e. The summed E-state index contributed by atoms with van der Waals surface area (Å²) in [6.45, 7) is 3.07. The third-order valence-corrected chi connectivity index (χ3v) is 9.26. The van der Waals surface area contributed by atoms with Crippen molar-refractivity contribution in [1.82, 2.24) is 47.3 Å². The number of nitrogens with zero attached hydrogens (tertiary/aromatic N) is 10. The maximum absolute atomic E-state index is 15.6. The Hall–Kier alpha value is -5.18. The molecule has 0 unspecified atom stereocenters. The van der Waals surface area contributed by atoms with Crippen molar-refractivity contribution < 1.29 is 44.6 Å². The standard InChI is InChI=1S/C30H31F5N10O5S/c1-28(2,3)50-27(46)42-12-18-13-44-22(20-14-43(16-36-20)51(47,48)41(4)5)21(37-26(44)38-23(18)29(31,32)15-42)24-39-25(30(33,34)35)40-45(24)11-17-7-9-19(49-6)10-8-17/h7-10,13-14,16H,11-12,15H2,1-6H3. The highest BCUT2D eigenvalue weighted by Gasteiger charge is 2.45. The van der Waals surface area contributed by atoms with Crippen molar-refractivity contribution in [1.29, 1.82) is 0 Å². The summed E-state index contributed by atoms with van der Waals surface area (Å²) in [4.78, 5) is 30.1. The quantitative estimate of drug-likeness (QED) is 0.219. The molecule has 0 fully saturated rings. The van der Waals surface area contributed by atoms with E-state index in [0.29, 0.717) is 11.3 Å². The number of imidazole rings is 2. The van der Waals surface area contributed by atoms with Gasteiger partial charge in [0, 0.05) is 25.9 Å². The minimum atomic E-state index is -4.99. The van der Waals surface area contributed by atoms with Crippen molar-refractivity contribution >= 4 is 22.1 Å². The fraction of sp³-hybridized carbons (Fsp3) is 0.400. The van der Waals surface area contributed by atoms with Crippen molar-refractivity contribution in [2.24, 2.45) is 0 Å². The zero-order valence-corrected chi connectivity index (χ0v) is 28.8. The SMILES string of the molecule is COc1ccc(Cn2nc(C(F)(F)F)nc2-c2nc3nc4c(cn3c2-c2cn(S(=O)(=O)N(C)C)cn2)CN(C(=O)OC(C)(C)C)CC4(F)F)cc1. The number of ether oxygens (including phenoxy) is 2. The second-order valence-electron chi connectivity index (χ2n) is 12.8. The van der Waals surface area contributed by atoms with Gasteiger partial charge in [-0.25, -0.2) is 33.4 Å². The molecule has 0 saturated carbocycles. The van der Waals surface area contributed by atoms with E-state index in [-0.39, 0.29) is 41.5 Å². The number of carbonyl (C=O) groups excluding carboxylic acids is 1. The summed E-state index contributed by atoms with van der Waals surface area (Å²) >= 11 is 0. The molecule has 5 heterocycles. The van der Waals surface area contributed by atoms with E-state index < -0.39 is 57.9 Å². The van der Waals surface area contributed by atoms with Gasteiger partial charge in [-0.05, 0) is 38.5 Å². The van der Waals surface area contributed by atoms with Gasteiger partial charge in [0.15, 0.2) is 5.82 Å². The minimum absolute atomic E-state index is 0.133. The summed E-state index contributed by atoms with van der Waals surface area (Å²) in [7, 11) is -0.106. The van der Waals surface area contributed by atoms with Crippen molar-refractivity contribution in [2.45, 2.75) is 51.6 Å². The number of aromatic nitrogens is 8. The first-order chi connectivity index (χ1) is 23.7. The summed E-state index contributed by atoms with van der Waals surface area (Å²) in [6.07, 6.45) is -2.76. The molecule has 1 aromatic carbocycles. The van der Waals surface area contributed by atoms with Gasteiger partial charge in [0.25, 0.3) is 5.82 Å². The molecular weight excluding hydrogens is 707 g/mol. The molecule has 1 amide bonds. The van der Waals surface area contributed by atoms with Crippen LogP contribution in [0.4, 0.5) is 26.7 Å². The molecule has 4 aromatic heterocycles. The highest BCUT2D eigenvalue weighted by molar-refractivity contribution is 7.87. The van der Waals surface area contributed by atoms with Crippen molar-refractivity contribution in [2.75, 3.05) is 27.7 Å². The first kappa shape index (κ1) is 35.6. The van der Waals surface area contributed by atoms with Gasteiger partial charge in [-0.1, -0.05) is 12.1 Å². The number of rotatable bonds is 7. The molecule has 272 valence electrons. The predicted octanol–water partition coefficient (Wildman–Crippen LogP) is 4.42. The van der Waals surface area contributed by atoms with Crippen molar-refractivity contribution in [3.05, 3.63) is 65.6 Å². The molecule has 0 saturated heterocycles. The third kappa shape index (κ3) is 6.81. The lowest BCUT2D eigenvalue weighted by Gasteiger charge is -2.34. The first-order valence-corrected chi connectivity index (χ1v) is 16.5. The maximum Gasteiger partial charge on any atom is 0.453 e. The zero-order valence-electron chi connectivity index (χ0n) is 28.0. The molecular formula is C30H31F5N10O5S. The Bertz CT molecular complexity index is 2240. The van der Waals surface area contributed by atoms with E-state index in [1.807, 2.05) is 0 Å². The normalized spacial score (nSPS) is 15.0. The summed E-state index contributed by atoms with van der Waals surface area (Å²) in [5.74, 6) is -5.53. The number of hydrogen-bond donors (Lipinski definition) is 0. The number of alkyl halides is 5. The Morgan fingerprint density at radius 1 is 1.04 bits per heavy atom. The number of methoxy groups -OCH3 is 1. The molecule has 51 heavy (non-hydrogen) atoms. The molecule has 21 heteroatoms. The molecule has 0 atom stereocenters. The van der Waals surface area contributed by atoms with Crippen LogP contribution in [0.2, 0.25) is 0 Å². The van der Waals surface area contributed by atoms with Gasteiger partial charge in [0.2, 0.25) is 5.78 Å². The average molecular weight is 739 g/mol. The molecule has 15 nitrogen and oxygen atoms in total. The summed E-state index contributed by atoms with van der Waals surface area (Å²) < 4.78 is 114. The van der Waals surface area contributed by atoms with Gasteiger partial charge in [-0.15, -0.1) is 5.10 Å². The zero-order chi connectivity index (χ0) is 37.3. The second-order valence-corrected chi connectivity index (χ2v) is 14.8. The van der Waals surface area contributed by atoms with Gasteiger partial charge in [0.1, 0.15) is 40.5 Å². The molecule has 0 spiro atoms. The largest absolute Gasteiger partial charge is 0.497 e. The van der Waals surface area contributed by atoms with Crippen molar-refractivity contribution in [3.8, 4) is 28.7 Å². The average Bonchev–Trinajstić information content (AvgIpc) is 3.76. The lowest BCUT2D eigenvalue weighted by Crippen LogP contribution is -2.46. The predicted molar refractivity (Wildman–Crippen MR) is 169 cm³/mol. The summed E-state index contributed by atoms with van der Waals surface area (Å²) in [5, 5.41) is 3.70. The van der Waals surface area contributed by atoms with Gasteiger partial charge in [0.05, 0.1) is 32.9 Å². The Morgan fingerprint density at radius 3 is 2.33 bits per heavy atom. The van der Waals surface area contributed by atoms with Crippen LogP contribution in [-0.2, 0) is 40.1 Å². The van der Waals surface area contributed by atoms with Crippen LogP contribution in [0.3, 0.4) is 0 Å². The van der Waals surface area contributed by atoms with Crippen LogP contribution in [-0.4, -0.2) is 95.2 Å². The monoisotopic (exact) mass is 738 g/mol. The Balaban J connectivity index is 1.58. The molecule has 1 aliphatic rings. The number of fused-ring (bicyclic) bond motifs is 2. The maximum atomic E-state index is 15.6.